The van der Waals surface area contributed by atoms with Crippen molar-refractivity contribution in [1.82, 2.24) is 9.29 Å². The molecule has 1 heterocycles. The summed E-state index contributed by atoms with van der Waals surface area (Å²) in [5, 5.41) is 1.03. The zero-order valence-corrected chi connectivity index (χ0v) is 15.1. The minimum absolute atomic E-state index is 0.130. The Labute approximate surface area is 147 Å². The van der Waals surface area contributed by atoms with E-state index in [1.54, 1.807) is 6.07 Å². The van der Waals surface area contributed by atoms with Gasteiger partial charge in [0.25, 0.3) is 0 Å². The molecule has 1 N–H and O–H groups in total. The zero-order chi connectivity index (χ0) is 18.0. The molecule has 0 aliphatic carbocycles. The van der Waals surface area contributed by atoms with Crippen molar-refractivity contribution in [3.8, 4) is 11.5 Å². The lowest BCUT2D eigenvalue weighted by Crippen LogP contribution is -2.23. The van der Waals surface area contributed by atoms with Crippen LogP contribution in [-0.4, -0.2) is 27.2 Å². The Morgan fingerprint density at radius 2 is 1.76 bits per heavy atom. The molecule has 0 spiro atoms. The van der Waals surface area contributed by atoms with Crippen LogP contribution >= 0.6 is 0 Å². The Balaban J connectivity index is 1.86. The normalized spacial score (nSPS) is 11.6. The van der Waals surface area contributed by atoms with Crippen LogP contribution in [0.15, 0.2) is 53.6 Å². The van der Waals surface area contributed by atoms with E-state index in [2.05, 4.69) is 4.72 Å². The molecular formula is C18H20N2O4S. The van der Waals surface area contributed by atoms with E-state index in [1.807, 2.05) is 42.1 Å². The van der Waals surface area contributed by atoms with Crippen LogP contribution < -0.4 is 14.2 Å². The number of nitrogens with zero attached hydrogens (tertiary/aromatic N) is 1. The lowest BCUT2D eigenvalue weighted by molar-refractivity contribution is 0.354. The number of aryl methyl sites for hydroxylation is 1. The topological polar surface area (TPSA) is 69.6 Å². The Kier molecular flexibility index (Phi) is 4.69. The van der Waals surface area contributed by atoms with Gasteiger partial charge >= 0.3 is 0 Å². The first-order valence-corrected chi connectivity index (χ1v) is 9.19. The molecule has 0 radical (unpaired) electrons. The molecule has 0 aliphatic heterocycles. The van der Waals surface area contributed by atoms with Crippen LogP contribution in [0.25, 0.3) is 10.9 Å². The number of hydrogen-bond donors (Lipinski definition) is 1. The summed E-state index contributed by atoms with van der Waals surface area (Å²) in [6, 6.07) is 12.4. The Hall–Kier alpha value is -2.51. The van der Waals surface area contributed by atoms with Crippen molar-refractivity contribution >= 4 is 20.9 Å². The maximum atomic E-state index is 12.6. The lowest BCUT2D eigenvalue weighted by Gasteiger charge is -2.11. The summed E-state index contributed by atoms with van der Waals surface area (Å²) in [5.41, 5.74) is 1.98. The van der Waals surface area contributed by atoms with E-state index in [9.17, 15) is 8.42 Å². The molecule has 0 aliphatic rings. The number of benzene rings is 2. The van der Waals surface area contributed by atoms with Crippen molar-refractivity contribution in [3.05, 3.63) is 54.2 Å². The van der Waals surface area contributed by atoms with Gasteiger partial charge < -0.3 is 14.0 Å². The molecule has 25 heavy (non-hydrogen) atoms. The second-order valence-electron chi connectivity index (χ2n) is 5.62. The quantitative estimate of drug-likeness (QED) is 0.734. The van der Waals surface area contributed by atoms with E-state index in [-0.39, 0.29) is 11.4 Å². The average Bonchev–Trinajstić information content (AvgIpc) is 2.96. The standard InChI is InChI=1S/C18H20N2O4S/c1-20-12-13(15-6-4-5-7-16(15)20)11-19-25(21,22)14-8-9-17(23-2)18(10-14)24-3/h4-10,12,19H,11H2,1-3H3. The Bertz CT molecular complexity index is 1010. The van der Waals surface area contributed by atoms with E-state index >= 15 is 0 Å². The summed E-state index contributed by atoms with van der Waals surface area (Å²) >= 11 is 0. The number of ether oxygens (including phenoxy) is 2. The fourth-order valence-corrected chi connectivity index (χ4v) is 3.83. The number of para-hydroxylation sites is 1. The summed E-state index contributed by atoms with van der Waals surface area (Å²) in [4.78, 5) is 0.130. The summed E-state index contributed by atoms with van der Waals surface area (Å²) in [7, 11) is 1.24. The van der Waals surface area contributed by atoms with Gasteiger partial charge in [0.15, 0.2) is 11.5 Å². The smallest absolute Gasteiger partial charge is 0.241 e. The van der Waals surface area contributed by atoms with E-state index < -0.39 is 10.0 Å². The molecule has 6 nitrogen and oxygen atoms in total. The van der Waals surface area contributed by atoms with Gasteiger partial charge in [0.1, 0.15) is 0 Å². The highest BCUT2D eigenvalue weighted by Gasteiger charge is 2.18. The number of fused-ring (bicyclic) bond motifs is 1. The molecule has 0 amide bonds. The summed E-state index contributed by atoms with van der Waals surface area (Å²) in [6.07, 6.45) is 1.93. The van der Waals surface area contributed by atoms with Crippen LogP contribution in [-0.2, 0) is 23.6 Å². The Morgan fingerprint density at radius 1 is 1.04 bits per heavy atom. The molecule has 0 bridgehead atoms. The Morgan fingerprint density at radius 3 is 2.48 bits per heavy atom. The van der Waals surface area contributed by atoms with Gasteiger partial charge in [-0.05, 0) is 23.8 Å². The van der Waals surface area contributed by atoms with Crippen molar-refractivity contribution in [2.24, 2.45) is 7.05 Å². The summed E-state index contributed by atoms with van der Waals surface area (Å²) in [5.74, 6) is 0.853. The lowest BCUT2D eigenvalue weighted by atomic mass is 10.2. The van der Waals surface area contributed by atoms with Gasteiger partial charge in [-0.25, -0.2) is 13.1 Å². The molecule has 0 saturated carbocycles. The molecule has 0 fully saturated rings. The molecule has 0 atom stereocenters. The van der Waals surface area contributed by atoms with Crippen molar-refractivity contribution < 1.29 is 17.9 Å². The second-order valence-corrected chi connectivity index (χ2v) is 7.39. The fourth-order valence-electron chi connectivity index (χ4n) is 2.81. The minimum atomic E-state index is -3.67. The number of methoxy groups -OCH3 is 2. The predicted molar refractivity (Wildman–Crippen MR) is 96.5 cm³/mol. The highest BCUT2D eigenvalue weighted by Crippen LogP contribution is 2.29. The summed E-state index contributed by atoms with van der Waals surface area (Å²) in [6.45, 7) is 0.206. The van der Waals surface area contributed by atoms with Crippen molar-refractivity contribution in [3.63, 3.8) is 0 Å². The maximum Gasteiger partial charge on any atom is 0.241 e. The summed E-state index contributed by atoms with van der Waals surface area (Å²) < 4.78 is 40.2. The first kappa shape index (κ1) is 17.3. The molecule has 0 saturated heterocycles. The molecule has 3 aromatic rings. The number of hydrogen-bond acceptors (Lipinski definition) is 4. The van der Waals surface area contributed by atoms with Crippen LogP contribution in [0.3, 0.4) is 0 Å². The number of aromatic nitrogens is 1. The monoisotopic (exact) mass is 360 g/mol. The first-order chi connectivity index (χ1) is 12.0. The van der Waals surface area contributed by atoms with Crippen LogP contribution in [0.5, 0.6) is 11.5 Å². The third kappa shape index (κ3) is 3.33. The van der Waals surface area contributed by atoms with E-state index in [0.29, 0.717) is 11.5 Å². The molecule has 2 aromatic carbocycles. The van der Waals surface area contributed by atoms with Crippen molar-refractivity contribution in [2.45, 2.75) is 11.4 Å². The molecule has 1 aromatic heterocycles. The van der Waals surface area contributed by atoms with E-state index in [4.69, 9.17) is 9.47 Å². The fraction of sp³-hybridized carbons (Fsp3) is 0.222. The SMILES string of the molecule is COc1ccc(S(=O)(=O)NCc2cn(C)c3ccccc23)cc1OC. The predicted octanol–water partition coefficient (Wildman–Crippen LogP) is 2.67. The molecule has 7 heteroatoms. The van der Waals surface area contributed by atoms with Gasteiger partial charge in [-0.2, -0.15) is 0 Å². The van der Waals surface area contributed by atoms with Crippen molar-refractivity contribution in [1.29, 1.82) is 0 Å². The first-order valence-electron chi connectivity index (χ1n) is 7.71. The third-order valence-electron chi connectivity index (χ3n) is 4.10. The third-order valence-corrected chi connectivity index (χ3v) is 5.50. The highest BCUT2D eigenvalue weighted by molar-refractivity contribution is 7.89. The largest absolute Gasteiger partial charge is 0.493 e. The van der Waals surface area contributed by atoms with Crippen LogP contribution in [0.1, 0.15) is 5.56 Å². The van der Waals surface area contributed by atoms with Gasteiger partial charge in [0, 0.05) is 36.8 Å². The van der Waals surface area contributed by atoms with Crippen molar-refractivity contribution in [2.75, 3.05) is 14.2 Å². The highest BCUT2D eigenvalue weighted by atomic mass is 32.2. The zero-order valence-electron chi connectivity index (χ0n) is 14.3. The number of rotatable bonds is 6. The van der Waals surface area contributed by atoms with E-state index in [1.165, 1.54) is 26.4 Å². The van der Waals surface area contributed by atoms with Crippen LogP contribution in [0.4, 0.5) is 0 Å². The molecule has 132 valence electrons. The average molecular weight is 360 g/mol. The van der Waals surface area contributed by atoms with Gasteiger partial charge in [-0.15, -0.1) is 0 Å². The molecular weight excluding hydrogens is 340 g/mol. The number of nitrogens with one attached hydrogen (secondary N) is 1. The van der Waals surface area contributed by atoms with Crippen LogP contribution in [0.2, 0.25) is 0 Å². The minimum Gasteiger partial charge on any atom is -0.493 e. The van der Waals surface area contributed by atoms with Gasteiger partial charge in [0.2, 0.25) is 10.0 Å². The van der Waals surface area contributed by atoms with Gasteiger partial charge in [0.05, 0.1) is 19.1 Å². The van der Waals surface area contributed by atoms with Gasteiger partial charge in [-0.1, -0.05) is 18.2 Å². The number of sulfonamides is 1. The van der Waals surface area contributed by atoms with E-state index in [0.717, 1.165) is 16.5 Å². The molecule has 0 unspecified atom stereocenters. The van der Waals surface area contributed by atoms with Gasteiger partial charge in [-0.3, -0.25) is 0 Å². The maximum absolute atomic E-state index is 12.6. The second kappa shape index (κ2) is 6.78. The molecule has 3 rings (SSSR count). The van der Waals surface area contributed by atoms with Crippen LogP contribution in [0, 0.1) is 0 Å².